The Morgan fingerprint density at radius 1 is 1.03 bits per heavy atom. The van der Waals surface area contributed by atoms with Crippen molar-refractivity contribution < 1.29 is 14.3 Å². The van der Waals surface area contributed by atoms with Crippen LogP contribution >= 0.6 is 22.9 Å². The third kappa shape index (κ3) is 4.64. The molecule has 0 saturated carbocycles. The molecule has 2 aromatic carbocycles. The Balaban J connectivity index is 1.70. The molecule has 0 atom stereocenters. The number of nitrogens with one attached hydrogen (secondary N) is 1. The van der Waals surface area contributed by atoms with Crippen LogP contribution in [0, 0.1) is 0 Å². The van der Waals surface area contributed by atoms with Crippen LogP contribution in [0.25, 0.3) is 10.2 Å². The zero-order chi connectivity index (χ0) is 23.5. The maximum Gasteiger partial charge on any atom is 0.332 e. The number of benzene rings is 2. The Labute approximate surface area is 197 Å². The summed E-state index contributed by atoms with van der Waals surface area (Å²) < 4.78 is 13.2. The van der Waals surface area contributed by atoms with Crippen LogP contribution in [0.4, 0.5) is 5.69 Å². The molecule has 0 fully saturated rings. The highest BCUT2D eigenvalue weighted by atomic mass is 35.5. The second-order valence-electron chi connectivity index (χ2n) is 7.14. The van der Waals surface area contributed by atoms with Crippen molar-refractivity contribution in [2.45, 2.75) is 13.1 Å². The fraction of sp³-hybridized carbons (Fsp3) is 0.174. The van der Waals surface area contributed by atoms with Gasteiger partial charge in [-0.3, -0.25) is 18.7 Å². The smallest absolute Gasteiger partial charge is 0.332 e. The minimum atomic E-state index is -0.593. The topological polar surface area (TPSA) is 91.6 Å². The summed E-state index contributed by atoms with van der Waals surface area (Å²) in [7, 11) is 3.02. The zero-order valence-electron chi connectivity index (χ0n) is 17.8. The van der Waals surface area contributed by atoms with Crippen molar-refractivity contribution in [2.24, 2.45) is 0 Å². The van der Waals surface area contributed by atoms with Crippen LogP contribution in [0.2, 0.25) is 5.02 Å². The molecular weight excluding hydrogens is 466 g/mol. The van der Waals surface area contributed by atoms with Gasteiger partial charge in [0.25, 0.3) is 5.56 Å². The summed E-state index contributed by atoms with van der Waals surface area (Å²) in [5, 5.41) is 4.92. The monoisotopic (exact) mass is 485 g/mol. The van der Waals surface area contributed by atoms with Gasteiger partial charge in [-0.15, -0.1) is 11.3 Å². The average molecular weight is 486 g/mol. The summed E-state index contributed by atoms with van der Waals surface area (Å²) in [5.74, 6) is 0.577. The van der Waals surface area contributed by atoms with Crippen LogP contribution in [-0.2, 0) is 17.9 Å². The molecule has 0 bridgehead atoms. The molecule has 33 heavy (non-hydrogen) atoms. The van der Waals surface area contributed by atoms with Gasteiger partial charge in [-0.05, 0) is 23.1 Å². The van der Waals surface area contributed by atoms with Crippen LogP contribution in [-0.4, -0.2) is 29.3 Å². The number of hydrogen-bond acceptors (Lipinski definition) is 6. The van der Waals surface area contributed by atoms with Gasteiger partial charge in [0.15, 0.2) is 0 Å². The molecule has 8 nitrogen and oxygen atoms in total. The molecule has 0 spiro atoms. The van der Waals surface area contributed by atoms with E-state index in [-0.39, 0.29) is 13.1 Å². The number of amides is 1. The van der Waals surface area contributed by atoms with Crippen molar-refractivity contribution in [2.75, 3.05) is 19.5 Å². The molecule has 4 aromatic rings. The molecule has 170 valence electrons. The summed E-state index contributed by atoms with van der Waals surface area (Å²) >= 11 is 7.45. The van der Waals surface area contributed by atoms with Gasteiger partial charge < -0.3 is 14.8 Å². The van der Waals surface area contributed by atoms with Crippen LogP contribution in [0.15, 0.2) is 63.5 Å². The number of methoxy groups -OCH3 is 2. The SMILES string of the molecule is COc1cc(NC(=O)Cn2c(=O)n(Cc3ccccc3Cl)c(=O)c3sccc32)cc(OC)c1. The molecule has 0 radical (unpaired) electrons. The Morgan fingerprint density at radius 3 is 2.39 bits per heavy atom. The van der Waals surface area contributed by atoms with Crippen molar-refractivity contribution in [3.05, 3.63) is 85.3 Å². The first-order valence-electron chi connectivity index (χ1n) is 9.88. The first-order valence-corrected chi connectivity index (χ1v) is 11.1. The molecule has 0 unspecified atom stereocenters. The van der Waals surface area contributed by atoms with E-state index < -0.39 is 17.2 Å². The van der Waals surface area contributed by atoms with Gasteiger partial charge >= 0.3 is 5.69 Å². The van der Waals surface area contributed by atoms with Gasteiger partial charge in [0.1, 0.15) is 22.7 Å². The second kappa shape index (κ2) is 9.51. The minimum Gasteiger partial charge on any atom is -0.497 e. The fourth-order valence-electron chi connectivity index (χ4n) is 3.45. The number of carbonyl (C=O) groups is 1. The lowest BCUT2D eigenvalue weighted by Gasteiger charge is -2.14. The molecule has 2 aromatic heterocycles. The number of ether oxygens (including phenoxy) is 2. The maximum absolute atomic E-state index is 13.3. The molecule has 0 aliphatic rings. The highest BCUT2D eigenvalue weighted by molar-refractivity contribution is 7.17. The van der Waals surface area contributed by atoms with E-state index in [0.717, 1.165) is 4.57 Å². The van der Waals surface area contributed by atoms with E-state index >= 15 is 0 Å². The number of carbonyl (C=O) groups excluding carboxylic acids is 1. The van der Waals surface area contributed by atoms with Gasteiger partial charge in [-0.2, -0.15) is 0 Å². The second-order valence-corrected chi connectivity index (χ2v) is 8.46. The Hall–Kier alpha value is -3.56. The lowest BCUT2D eigenvalue weighted by Crippen LogP contribution is -2.41. The number of nitrogens with zero attached hydrogens (tertiary/aromatic N) is 2. The third-order valence-electron chi connectivity index (χ3n) is 5.06. The lowest BCUT2D eigenvalue weighted by molar-refractivity contribution is -0.116. The largest absolute Gasteiger partial charge is 0.497 e. The fourth-order valence-corrected chi connectivity index (χ4v) is 4.48. The summed E-state index contributed by atoms with van der Waals surface area (Å²) in [6.45, 7) is -0.283. The van der Waals surface area contributed by atoms with Gasteiger partial charge in [0.05, 0.1) is 26.3 Å². The summed E-state index contributed by atoms with van der Waals surface area (Å²) in [5.41, 5.74) is 0.482. The minimum absolute atomic E-state index is 0.000117. The summed E-state index contributed by atoms with van der Waals surface area (Å²) in [6.07, 6.45) is 0. The van der Waals surface area contributed by atoms with Crippen LogP contribution in [0.1, 0.15) is 5.56 Å². The van der Waals surface area contributed by atoms with E-state index in [0.29, 0.717) is 38.0 Å². The standard InChI is InChI=1S/C23H20ClN3O5S/c1-31-16-9-15(10-17(11-16)32-2)25-20(28)13-26-19-7-8-33-21(19)22(29)27(23(26)30)12-14-5-3-4-6-18(14)24/h3-11H,12-13H2,1-2H3,(H,25,28). The molecular formula is C23H20ClN3O5S. The van der Waals surface area contributed by atoms with E-state index in [9.17, 15) is 14.4 Å². The van der Waals surface area contributed by atoms with Crippen LogP contribution in [0.3, 0.4) is 0 Å². The molecule has 0 saturated heterocycles. The number of halogens is 1. The Bertz CT molecular complexity index is 1430. The van der Waals surface area contributed by atoms with Gasteiger partial charge in [0, 0.05) is 28.9 Å². The molecule has 4 rings (SSSR count). The number of thiophene rings is 1. The van der Waals surface area contributed by atoms with E-state index in [1.54, 1.807) is 53.9 Å². The molecule has 1 N–H and O–H groups in total. The van der Waals surface area contributed by atoms with Crippen molar-refractivity contribution in [3.8, 4) is 11.5 Å². The van der Waals surface area contributed by atoms with Crippen molar-refractivity contribution in [1.29, 1.82) is 0 Å². The number of hydrogen-bond donors (Lipinski definition) is 1. The van der Waals surface area contributed by atoms with E-state index in [2.05, 4.69) is 5.32 Å². The predicted octanol–water partition coefficient (Wildman–Crippen LogP) is 3.58. The Kier molecular flexibility index (Phi) is 6.52. The molecule has 2 heterocycles. The lowest BCUT2D eigenvalue weighted by atomic mass is 10.2. The van der Waals surface area contributed by atoms with Gasteiger partial charge in [-0.1, -0.05) is 29.8 Å². The van der Waals surface area contributed by atoms with E-state index in [4.69, 9.17) is 21.1 Å². The first-order chi connectivity index (χ1) is 15.9. The Morgan fingerprint density at radius 2 is 1.73 bits per heavy atom. The number of aromatic nitrogens is 2. The average Bonchev–Trinajstić information content (AvgIpc) is 3.30. The number of anilines is 1. The normalized spacial score (nSPS) is 10.9. The third-order valence-corrected chi connectivity index (χ3v) is 6.32. The van der Waals surface area contributed by atoms with E-state index in [1.807, 2.05) is 0 Å². The van der Waals surface area contributed by atoms with Crippen molar-refractivity contribution in [1.82, 2.24) is 9.13 Å². The number of fused-ring (bicyclic) bond motifs is 1. The zero-order valence-corrected chi connectivity index (χ0v) is 19.4. The predicted molar refractivity (Wildman–Crippen MR) is 129 cm³/mol. The molecule has 0 aliphatic carbocycles. The van der Waals surface area contributed by atoms with E-state index in [1.165, 1.54) is 30.1 Å². The van der Waals surface area contributed by atoms with Crippen molar-refractivity contribution >= 4 is 44.7 Å². The quantitative estimate of drug-likeness (QED) is 0.432. The highest BCUT2D eigenvalue weighted by Gasteiger charge is 2.18. The molecule has 0 aliphatic heterocycles. The molecule has 10 heteroatoms. The van der Waals surface area contributed by atoms with Crippen molar-refractivity contribution in [3.63, 3.8) is 0 Å². The number of rotatable bonds is 7. The van der Waals surface area contributed by atoms with Crippen LogP contribution < -0.4 is 26.0 Å². The van der Waals surface area contributed by atoms with Crippen LogP contribution in [0.5, 0.6) is 11.5 Å². The first kappa shape index (κ1) is 22.6. The maximum atomic E-state index is 13.3. The summed E-state index contributed by atoms with van der Waals surface area (Å²) in [4.78, 5) is 39.1. The van der Waals surface area contributed by atoms with Gasteiger partial charge in [0.2, 0.25) is 5.91 Å². The molecule has 1 amide bonds. The van der Waals surface area contributed by atoms with Gasteiger partial charge in [-0.25, -0.2) is 4.79 Å². The summed E-state index contributed by atoms with van der Waals surface area (Å²) in [6, 6.07) is 13.6. The highest BCUT2D eigenvalue weighted by Crippen LogP contribution is 2.26.